The van der Waals surface area contributed by atoms with Crippen LogP contribution in [0.15, 0.2) is 36.5 Å². The fourth-order valence-electron chi connectivity index (χ4n) is 2.80. The Labute approximate surface area is 125 Å². The molecule has 0 aliphatic carbocycles. The number of fused-ring (bicyclic) bond motifs is 1. The highest BCUT2D eigenvalue weighted by atomic mass is 19.4. The van der Waals surface area contributed by atoms with E-state index in [1.54, 1.807) is 6.07 Å². The van der Waals surface area contributed by atoms with Gasteiger partial charge in [-0.1, -0.05) is 18.2 Å². The number of rotatable bonds is 2. The second-order valence-corrected chi connectivity index (χ2v) is 5.15. The molecule has 0 amide bonds. The molecule has 1 aromatic heterocycles. The van der Waals surface area contributed by atoms with Crippen LogP contribution in [0.2, 0.25) is 0 Å². The van der Waals surface area contributed by atoms with Crippen LogP contribution in [0.1, 0.15) is 22.9 Å². The molecule has 1 aliphatic heterocycles. The van der Waals surface area contributed by atoms with Gasteiger partial charge in [0, 0.05) is 12.7 Å². The molecule has 116 valence electrons. The number of alkyl halides is 3. The van der Waals surface area contributed by atoms with Crippen LogP contribution in [0.5, 0.6) is 0 Å². The minimum atomic E-state index is -4.45. The zero-order chi connectivity index (χ0) is 15.7. The summed E-state index contributed by atoms with van der Waals surface area (Å²) in [5.74, 6) is 0. The third-order valence-electron chi connectivity index (χ3n) is 3.81. The second-order valence-electron chi connectivity index (χ2n) is 5.15. The number of aromatic nitrogens is 1. The second kappa shape index (κ2) is 5.70. The number of hydrogen-bond acceptors (Lipinski definition) is 3. The number of ether oxygens (including phenoxy) is 1. The number of pyridine rings is 1. The van der Waals surface area contributed by atoms with Crippen LogP contribution in [0.25, 0.3) is 11.1 Å². The van der Waals surface area contributed by atoms with E-state index in [0.29, 0.717) is 25.1 Å². The summed E-state index contributed by atoms with van der Waals surface area (Å²) in [7, 11) is 0. The molecule has 6 heteroatoms. The molecule has 1 aliphatic rings. The highest BCUT2D eigenvalue weighted by Gasteiger charge is 2.33. The topological polar surface area (TPSA) is 48.1 Å². The Morgan fingerprint density at radius 1 is 1.27 bits per heavy atom. The molecular formula is C16H15F3N2O. The molecule has 0 bridgehead atoms. The SMILES string of the molecule is NC[C@@H]1OCCc2c(-c3ccnc(C(F)(F)F)c3)cccc21. The summed E-state index contributed by atoms with van der Waals surface area (Å²) in [6.45, 7) is 0.865. The van der Waals surface area contributed by atoms with E-state index in [1.165, 1.54) is 6.20 Å². The van der Waals surface area contributed by atoms with Gasteiger partial charge < -0.3 is 10.5 Å². The maximum Gasteiger partial charge on any atom is 0.433 e. The lowest BCUT2D eigenvalue weighted by atomic mass is 9.89. The molecule has 0 fully saturated rings. The first kappa shape index (κ1) is 15.0. The van der Waals surface area contributed by atoms with E-state index >= 15 is 0 Å². The van der Waals surface area contributed by atoms with Crippen LogP contribution in [0, 0.1) is 0 Å². The highest BCUT2D eigenvalue weighted by molar-refractivity contribution is 5.69. The lowest BCUT2D eigenvalue weighted by Gasteiger charge is -2.27. The van der Waals surface area contributed by atoms with Crippen LogP contribution in [-0.4, -0.2) is 18.1 Å². The van der Waals surface area contributed by atoms with E-state index in [2.05, 4.69) is 4.98 Å². The van der Waals surface area contributed by atoms with Crippen LogP contribution in [0.3, 0.4) is 0 Å². The number of halogens is 3. The van der Waals surface area contributed by atoms with Gasteiger partial charge in [0.15, 0.2) is 0 Å². The van der Waals surface area contributed by atoms with Crippen molar-refractivity contribution >= 4 is 0 Å². The van der Waals surface area contributed by atoms with Gasteiger partial charge in [0.2, 0.25) is 0 Å². The Morgan fingerprint density at radius 2 is 2.09 bits per heavy atom. The third-order valence-corrected chi connectivity index (χ3v) is 3.81. The zero-order valence-electron chi connectivity index (χ0n) is 11.7. The minimum Gasteiger partial charge on any atom is -0.372 e. The summed E-state index contributed by atoms with van der Waals surface area (Å²) < 4.78 is 44.1. The Kier molecular flexibility index (Phi) is 3.88. The maximum atomic E-state index is 12.8. The average molecular weight is 308 g/mol. The monoisotopic (exact) mass is 308 g/mol. The summed E-state index contributed by atoms with van der Waals surface area (Å²) >= 11 is 0. The fraction of sp³-hybridized carbons (Fsp3) is 0.312. The number of nitrogens with two attached hydrogens (primary N) is 1. The quantitative estimate of drug-likeness (QED) is 0.925. The van der Waals surface area contributed by atoms with Gasteiger partial charge in [-0.15, -0.1) is 0 Å². The minimum absolute atomic E-state index is 0.201. The molecule has 0 spiro atoms. The molecule has 1 aromatic carbocycles. The van der Waals surface area contributed by atoms with Crippen LogP contribution in [-0.2, 0) is 17.3 Å². The average Bonchev–Trinajstić information content (AvgIpc) is 2.53. The van der Waals surface area contributed by atoms with Gasteiger partial charge in [0.1, 0.15) is 5.69 Å². The van der Waals surface area contributed by atoms with Gasteiger partial charge >= 0.3 is 6.18 Å². The molecule has 2 heterocycles. The van der Waals surface area contributed by atoms with E-state index in [9.17, 15) is 13.2 Å². The smallest absolute Gasteiger partial charge is 0.372 e. The summed E-state index contributed by atoms with van der Waals surface area (Å²) in [6, 6.07) is 8.24. The lowest BCUT2D eigenvalue weighted by molar-refractivity contribution is -0.141. The standard InChI is InChI=1S/C16H15F3N2O/c17-16(18,19)15-8-10(4-6-21-15)11-2-1-3-13-12(11)5-7-22-14(13)9-20/h1-4,6,8,14H,5,7,9,20H2/t14-/m0/s1. The predicted molar refractivity (Wildman–Crippen MR) is 76.1 cm³/mol. The predicted octanol–water partition coefficient (Wildman–Crippen LogP) is 3.34. The Morgan fingerprint density at radius 3 is 2.82 bits per heavy atom. The first-order valence-electron chi connectivity index (χ1n) is 6.98. The molecule has 0 unspecified atom stereocenters. The molecule has 2 aromatic rings. The number of benzene rings is 1. The van der Waals surface area contributed by atoms with Crippen molar-refractivity contribution in [2.75, 3.05) is 13.2 Å². The van der Waals surface area contributed by atoms with Crippen LogP contribution < -0.4 is 5.73 Å². The lowest BCUT2D eigenvalue weighted by Crippen LogP contribution is -2.23. The molecule has 0 radical (unpaired) electrons. The fourth-order valence-corrected chi connectivity index (χ4v) is 2.80. The third kappa shape index (κ3) is 2.71. The summed E-state index contributed by atoms with van der Waals surface area (Å²) in [6.07, 6.45) is -2.80. The summed E-state index contributed by atoms with van der Waals surface area (Å²) in [4.78, 5) is 3.41. The zero-order valence-corrected chi connectivity index (χ0v) is 11.7. The Bertz CT molecular complexity index is 685. The van der Waals surface area contributed by atoms with Crippen molar-refractivity contribution in [1.82, 2.24) is 4.98 Å². The first-order valence-corrected chi connectivity index (χ1v) is 6.98. The molecule has 1 atom stereocenters. The van der Waals surface area contributed by atoms with Crippen molar-refractivity contribution in [3.05, 3.63) is 53.3 Å². The first-order chi connectivity index (χ1) is 10.5. The Hall–Kier alpha value is -1.92. The van der Waals surface area contributed by atoms with Gasteiger partial charge in [0.25, 0.3) is 0 Å². The largest absolute Gasteiger partial charge is 0.433 e. The molecule has 0 saturated carbocycles. The van der Waals surface area contributed by atoms with Gasteiger partial charge in [-0.25, -0.2) is 0 Å². The maximum absolute atomic E-state index is 12.8. The van der Waals surface area contributed by atoms with Gasteiger partial charge in [-0.05, 0) is 40.8 Å². The van der Waals surface area contributed by atoms with E-state index in [0.717, 1.165) is 22.8 Å². The molecular weight excluding hydrogens is 293 g/mol. The Balaban J connectivity index is 2.10. The number of nitrogens with zero attached hydrogens (tertiary/aromatic N) is 1. The number of hydrogen-bond donors (Lipinski definition) is 1. The van der Waals surface area contributed by atoms with Crippen LogP contribution >= 0.6 is 0 Å². The molecule has 2 N–H and O–H groups in total. The molecule has 22 heavy (non-hydrogen) atoms. The molecule has 3 rings (SSSR count). The summed E-state index contributed by atoms with van der Waals surface area (Å²) in [5, 5.41) is 0. The van der Waals surface area contributed by atoms with Crippen molar-refractivity contribution in [2.24, 2.45) is 5.73 Å². The van der Waals surface area contributed by atoms with Gasteiger partial charge in [-0.2, -0.15) is 13.2 Å². The molecule has 3 nitrogen and oxygen atoms in total. The van der Waals surface area contributed by atoms with Crippen molar-refractivity contribution in [3.8, 4) is 11.1 Å². The van der Waals surface area contributed by atoms with Crippen molar-refractivity contribution in [2.45, 2.75) is 18.7 Å². The van der Waals surface area contributed by atoms with E-state index in [-0.39, 0.29) is 6.10 Å². The van der Waals surface area contributed by atoms with Crippen LogP contribution in [0.4, 0.5) is 13.2 Å². The van der Waals surface area contributed by atoms with Crippen molar-refractivity contribution in [1.29, 1.82) is 0 Å². The van der Waals surface area contributed by atoms with Gasteiger partial charge in [0.05, 0.1) is 12.7 Å². The molecule has 0 saturated heterocycles. The van der Waals surface area contributed by atoms with Crippen molar-refractivity contribution in [3.63, 3.8) is 0 Å². The van der Waals surface area contributed by atoms with E-state index < -0.39 is 11.9 Å². The highest BCUT2D eigenvalue weighted by Crippen LogP contribution is 2.36. The van der Waals surface area contributed by atoms with Gasteiger partial charge in [-0.3, -0.25) is 4.98 Å². The van der Waals surface area contributed by atoms with E-state index in [4.69, 9.17) is 10.5 Å². The normalized spacial score (nSPS) is 18.1. The van der Waals surface area contributed by atoms with E-state index in [1.807, 2.05) is 18.2 Å². The van der Waals surface area contributed by atoms with Crippen molar-refractivity contribution < 1.29 is 17.9 Å². The summed E-state index contributed by atoms with van der Waals surface area (Å²) in [5.41, 5.74) is 8.07.